The summed E-state index contributed by atoms with van der Waals surface area (Å²) in [6.45, 7) is 0.0472. The zero-order valence-corrected chi connectivity index (χ0v) is 19.0. The number of benzene rings is 2. The van der Waals surface area contributed by atoms with Gasteiger partial charge in [0.1, 0.15) is 11.5 Å². The van der Waals surface area contributed by atoms with Gasteiger partial charge in [0.2, 0.25) is 0 Å². The van der Waals surface area contributed by atoms with Crippen LogP contribution < -0.4 is 0 Å². The van der Waals surface area contributed by atoms with E-state index in [1.165, 1.54) is 24.3 Å². The van der Waals surface area contributed by atoms with E-state index >= 15 is 0 Å². The number of hydrogen-bond donors (Lipinski definition) is 0. The summed E-state index contributed by atoms with van der Waals surface area (Å²) in [5, 5.41) is 11.6. The van der Waals surface area contributed by atoms with Crippen molar-refractivity contribution in [3.63, 3.8) is 0 Å². The number of furan rings is 1. The molecule has 7 nitrogen and oxygen atoms in total. The van der Waals surface area contributed by atoms with E-state index in [1.807, 2.05) is 0 Å². The van der Waals surface area contributed by atoms with Crippen molar-refractivity contribution in [2.75, 3.05) is 0 Å². The van der Waals surface area contributed by atoms with Crippen molar-refractivity contribution in [3.8, 4) is 11.3 Å². The topological polar surface area (TPSA) is 93.7 Å². The molecule has 4 rings (SSSR count). The van der Waals surface area contributed by atoms with Gasteiger partial charge in [-0.15, -0.1) is 0 Å². The number of non-ortho nitro benzene ring substituents is 1. The summed E-state index contributed by atoms with van der Waals surface area (Å²) in [5.74, 6) is 0.111. The minimum atomic E-state index is -0.534. The Morgan fingerprint density at radius 1 is 1.00 bits per heavy atom. The molecule has 1 aromatic heterocycles. The number of amides is 2. The Morgan fingerprint density at radius 2 is 1.75 bits per heavy atom. The molecule has 0 radical (unpaired) electrons. The quantitative estimate of drug-likeness (QED) is 0.208. The molecular formula is C21H11Cl3N2O5S. The standard InChI is InChI=1S/C21H11Cl3N2O5S/c22-15-5-2-12(26(29)30)8-14(15)18-6-3-13(31-18)9-19-20(27)25(21(28)32-19)10-11-1-4-16(23)17(24)7-11/h1-9H,10H2/b19-9-. The van der Waals surface area contributed by atoms with Crippen molar-refractivity contribution in [2.45, 2.75) is 6.54 Å². The average molecular weight is 510 g/mol. The van der Waals surface area contributed by atoms with E-state index in [4.69, 9.17) is 39.2 Å². The summed E-state index contributed by atoms with van der Waals surface area (Å²) in [6, 6.07) is 12.0. The van der Waals surface area contributed by atoms with Crippen LogP contribution in [0, 0.1) is 10.1 Å². The third kappa shape index (κ3) is 4.54. The third-order valence-electron chi connectivity index (χ3n) is 4.52. The lowest BCUT2D eigenvalue weighted by atomic mass is 10.1. The van der Waals surface area contributed by atoms with Crippen LogP contribution in [0.15, 0.2) is 57.9 Å². The number of hydrogen-bond acceptors (Lipinski definition) is 6. The summed E-state index contributed by atoms with van der Waals surface area (Å²) < 4.78 is 5.70. The Balaban J connectivity index is 1.56. The number of rotatable bonds is 5. The minimum absolute atomic E-state index is 0.0472. The van der Waals surface area contributed by atoms with Crippen LogP contribution in [0.2, 0.25) is 15.1 Å². The molecule has 0 atom stereocenters. The van der Waals surface area contributed by atoms with Gasteiger partial charge in [0, 0.05) is 23.8 Å². The van der Waals surface area contributed by atoms with Crippen LogP contribution in [-0.2, 0) is 11.3 Å². The van der Waals surface area contributed by atoms with E-state index in [-0.39, 0.29) is 22.2 Å². The number of halogens is 3. The van der Waals surface area contributed by atoms with Gasteiger partial charge in [0.25, 0.3) is 16.8 Å². The maximum atomic E-state index is 12.7. The number of carbonyl (C=O) groups excluding carboxylic acids is 2. The highest BCUT2D eigenvalue weighted by Crippen LogP contribution is 2.36. The Bertz CT molecular complexity index is 1300. The lowest BCUT2D eigenvalue weighted by molar-refractivity contribution is -0.384. The number of nitrogens with zero attached hydrogens (tertiary/aromatic N) is 2. The fraction of sp³-hybridized carbons (Fsp3) is 0.0476. The van der Waals surface area contributed by atoms with Gasteiger partial charge >= 0.3 is 0 Å². The predicted molar refractivity (Wildman–Crippen MR) is 124 cm³/mol. The molecule has 0 aliphatic carbocycles. The van der Waals surface area contributed by atoms with Gasteiger partial charge in [0.05, 0.1) is 31.4 Å². The average Bonchev–Trinajstić information content (AvgIpc) is 3.31. The first-order valence-corrected chi connectivity index (χ1v) is 10.9. The Kier molecular flexibility index (Phi) is 6.30. The first-order chi connectivity index (χ1) is 15.2. The Labute approximate surface area is 200 Å². The molecule has 162 valence electrons. The lowest BCUT2D eigenvalue weighted by Gasteiger charge is -2.12. The predicted octanol–water partition coefficient (Wildman–Crippen LogP) is 7.05. The second-order valence-electron chi connectivity index (χ2n) is 6.64. The molecule has 1 saturated heterocycles. The molecule has 2 aromatic carbocycles. The zero-order valence-electron chi connectivity index (χ0n) is 15.9. The van der Waals surface area contributed by atoms with Gasteiger partial charge in [-0.05, 0) is 47.7 Å². The number of carbonyl (C=O) groups is 2. The highest BCUT2D eigenvalue weighted by atomic mass is 35.5. The normalized spacial score (nSPS) is 15.1. The van der Waals surface area contributed by atoms with E-state index in [2.05, 4.69) is 0 Å². The van der Waals surface area contributed by atoms with E-state index in [1.54, 1.807) is 30.3 Å². The number of thioether (sulfide) groups is 1. The summed E-state index contributed by atoms with van der Waals surface area (Å²) in [4.78, 5) is 36.9. The second-order valence-corrected chi connectivity index (χ2v) is 8.85. The molecule has 0 bridgehead atoms. The van der Waals surface area contributed by atoms with Crippen molar-refractivity contribution in [1.82, 2.24) is 4.90 Å². The van der Waals surface area contributed by atoms with Crippen molar-refractivity contribution in [2.24, 2.45) is 0 Å². The summed E-state index contributed by atoms with van der Waals surface area (Å²) in [7, 11) is 0. The lowest BCUT2D eigenvalue weighted by Crippen LogP contribution is -2.27. The van der Waals surface area contributed by atoms with Crippen LogP contribution in [0.5, 0.6) is 0 Å². The number of nitro benzene ring substituents is 1. The zero-order chi connectivity index (χ0) is 23.0. The van der Waals surface area contributed by atoms with Crippen LogP contribution in [0.25, 0.3) is 17.4 Å². The molecular weight excluding hydrogens is 499 g/mol. The first kappa shape index (κ1) is 22.4. The molecule has 0 N–H and O–H groups in total. The minimum Gasteiger partial charge on any atom is -0.457 e. The van der Waals surface area contributed by atoms with Gasteiger partial charge < -0.3 is 4.42 Å². The monoisotopic (exact) mass is 508 g/mol. The molecule has 1 aliphatic heterocycles. The Hall–Kier alpha value is -2.78. The second kappa shape index (κ2) is 8.99. The summed E-state index contributed by atoms with van der Waals surface area (Å²) in [5.41, 5.74) is 0.863. The molecule has 2 heterocycles. The van der Waals surface area contributed by atoms with Gasteiger partial charge in [-0.3, -0.25) is 24.6 Å². The van der Waals surface area contributed by atoms with Crippen LogP contribution in [0.1, 0.15) is 11.3 Å². The van der Waals surface area contributed by atoms with Crippen LogP contribution in [0.3, 0.4) is 0 Å². The smallest absolute Gasteiger partial charge is 0.293 e. The van der Waals surface area contributed by atoms with Gasteiger partial charge in [-0.25, -0.2) is 0 Å². The fourth-order valence-corrected chi connectivity index (χ4v) is 4.33. The van der Waals surface area contributed by atoms with Gasteiger partial charge in [-0.1, -0.05) is 40.9 Å². The van der Waals surface area contributed by atoms with Crippen molar-refractivity contribution >= 4 is 69.5 Å². The van der Waals surface area contributed by atoms with Crippen LogP contribution in [0.4, 0.5) is 10.5 Å². The highest BCUT2D eigenvalue weighted by Gasteiger charge is 2.35. The van der Waals surface area contributed by atoms with Gasteiger partial charge in [-0.2, -0.15) is 0 Å². The van der Waals surface area contributed by atoms with Crippen LogP contribution in [-0.4, -0.2) is 21.0 Å². The largest absolute Gasteiger partial charge is 0.457 e. The maximum absolute atomic E-state index is 12.7. The molecule has 0 unspecified atom stereocenters. The maximum Gasteiger partial charge on any atom is 0.293 e. The van der Waals surface area contributed by atoms with Crippen LogP contribution >= 0.6 is 46.6 Å². The highest BCUT2D eigenvalue weighted by molar-refractivity contribution is 8.18. The Morgan fingerprint density at radius 3 is 2.47 bits per heavy atom. The molecule has 32 heavy (non-hydrogen) atoms. The van der Waals surface area contributed by atoms with Crippen molar-refractivity contribution in [1.29, 1.82) is 0 Å². The fourth-order valence-electron chi connectivity index (χ4n) is 2.98. The molecule has 0 spiro atoms. The van der Waals surface area contributed by atoms with Gasteiger partial charge in [0.15, 0.2) is 0 Å². The molecule has 1 fully saturated rings. The first-order valence-electron chi connectivity index (χ1n) is 8.96. The molecule has 1 aliphatic rings. The van der Waals surface area contributed by atoms with Crippen molar-refractivity contribution < 1.29 is 18.9 Å². The summed E-state index contributed by atoms with van der Waals surface area (Å²) >= 11 is 18.8. The van der Waals surface area contributed by atoms with E-state index < -0.39 is 16.1 Å². The molecule has 0 saturated carbocycles. The van der Waals surface area contributed by atoms with Crippen molar-refractivity contribution in [3.05, 3.63) is 89.9 Å². The summed E-state index contributed by atoms with van der Waals surface area (Å²) in [6.07, 6.45) is 1.44. The molecule has 2 amide bonds. The van der Waals surface area contributed by atoms with E-state index in [9.17, 15) is 19.7 Å². The number of imide groups is 1. The van der Waals surface area contributed by atoms with E-state index in [0.717, 1.165) is 16.7 Å². The molecule has 3 aromatic rings. The number of nitro groups is 1. The molecule has 11 heteroatoms. The van der Waals surface area contributed by atoms with E-state index in [0.29, 0.717) is 32.7 Å². The SMILES string of the molecule is O=C1S/C(=C\c2ccc(-c3cc([N+](=O)[O-])ccc3Cl)o2)C(=O)N1Cc1ccc(Cl)c(Cl)c1. The third-order valence-corrected chi connectivity index (χ3v) is 6.50.